The van der Waals surface area contributed by atoms with E-state index in [0.717, 1.165) is 6.42 Å². The van der Waals surface area contributed by atoms with Crippen molar-refractivity contribution in [2.24, 2.45) is 4.99 Å². The van der Waals surface area contributed by atoms with Crippen LogP contribution in [-0.2, 0) is 0 Å². The van der Waals surface area contributed by atoms with Gasteiger partial charge in [0.25, 0.3) is 5.56 Å². The van der Waals surface area contributed by atoms with Gasteiger partial charge in [-0.05, 0) is 29.8 Å². The number of hydrogen-bond donors (Lipinski definition) is 3. The zero-order chi connectivity index (χ0) is 18.4. The number of aromatic amines is 2. The summed E-state index contributed by atoms with van der Waals surface area (Å²) < 4.78 is 0.0814. The summed E-state index contributed by atoms with van der Waals surface area (Å²) in [6.45, 7) is 0.517. The molecule has 0 amide bonds. The maximum Gasteiger partial charge on any atom is 0.264 e. The number of aromatic hydroxyl groups is 1. The predicted molar refractivity (Wildman–Crippen MR) is 106 cm³/mol. The maximum absolute atomic E-state index is 11.8. The molecule has 0 aliphatic heterocycles. The van der Waals surface area contributed by atoms with Crippen LogP contribution in [0.4, 0.5) is 0 Å². The van der Waals surface area contributed by atoms with Gasteiger partial charge in [-0.15, -0.1) is 0 Å². The summed E-state index contributed by atoms with van der Waals surface area (Å²) in [5.74, 6) is -0.0619. The molecule has 0 unspecified atom stereocenters. The molecule has 26 heavy (non-hydrogen) atoms. The summed E-state index contributed by atoms with van der Waals surface area (Å²) in [4.78, 5) is 21.1. The molecule has 0 bridgehead atoms. The van der Waals surface area contributed by atoms with Gasteiger partial charge in [0.05, 0.1) is 0 Å². The lowest BCUT2D eigenvalue weighted by molar-refractivity contribution is 0.449. The highest BCUT2D eigenvalue weighted by atomic mass is 32.1. The molecule has 0 aliphatic carbocycles. The summed E-state index contributed by atoms with van der Waals surface area (Å²) in [7, 11) is 0. The van der Waals surface area contributed by atoms with Crippen LogP contribution in [0.25, 0.3) is 0 Å². The first-order valence-corrected chi connectivity index (χ1v) is 8.71. The number of hydrogen-bond acceptors (Lipinski definition) is 4. The van der Waals surface area contributed by atoms with Crippen LogP contribution in [0, 0.1) is 4.77 Å². The topological polar surface area (TPSA) is 81.2 Å². The second kappa shape index (κ2) is 8.40. The summed E-state index contributed by atoms with van der Waals surface area (Å²) in [5, 5.41) is 9.80. The van der Waals surface area contributed by atoms with Crippen molar-refractivity contribution in [1.82, 2.24) is 9.97 Å². The first-order chi connectivity index (χ1) is 12.6. The molecule has 0 aliphatic rings. The van der Waals surface area contributed by atoms with E-state index in [1.54, 1.807) is 0 Å². The third-order valence-corrected chi connectivity index (χ3v) is 4.33. The summed E-state index contributed by atoms with van der Waals surface area (Å²) in [5.41, 5.74) is 2.06. The monoisotopic (exact) mass is 365 g/mol. The van der Waals surface area contributed by atoms with Crippen molar-refractivity contribution in [3.8, 4) is 5.88 Å². The largest absolute Gasteiger partial charge is 0.494 e. The van der Waals surface area contributed by atoms with E-state index in [9.17, 15) is 9.90 Å². The third kappa shape index (κ3) is 4.34. The van der Waals surface area contributed by atoms with Gasteiger partial charge in [-0.2, -0.15) is 0 Å². The van der Waals surface area contributed by atoms with Crippen molar-refractivity contribution in [2.75, 3.05) is 6.54 Å². The lowest BCUT2D eigenvalue weighted by atomic mass is 9.89. The van der Waals surface area contributed by atoms with Gasteiger partial charge in [-0.25, -0.2) is 0 Å². The molecule has 0 saturated heterocycles. The van der Waals surface area contributed by atoms with E-state index in [4.69, 9.17) is 12.2 Å². The molecule has 3 aromatic rings. The van der Waals surface area contributed by atoms with Gasteiger partial charge in [0.15, 0.2) is 4.77 Å². The summed E-state index contributed by atoms with van der Waals surface area (Å²) >= 11 is 4.81. The van der Waals surface area contributed by atoms with Crippen molar-refractivity contribution in [2.45, 2.75) is 12.3 Å². The van der Waals surface area contributed by atoms with Crippen molar-refractivity contribution in [1.29, 1.82) is 0 Å². The van der Waals surface area contributed by atoms with Crippen LogP contribution in [0.2, 0.25) is 0 Å². The molecule has 132 valence electrons. The number of nitrogens with zero attached hydrogens (tertiary/aromatic N) is 1. The molecule has 2 aromatic carbocycles. The number of aromatic nitrogens is 2. The van der Waals surface area contributed by atoms with E-state index >= 15 is 0 Å². The second-order valence-electron chi connectivity index (χ2n) is 5.87. The molecule has 0 atom stereocenters. The van der Waals surface area contributed by atoms with Crippen LogP contribution in [0.15, 0.2) is 70.5 Å². The van der Waals surface area contributed by atoms with Crippen molar-refractivity contribution in [3.63, 3.8) is 0 Å². The van der Waals surface area contributed by atoms with Gasteiger partial charge in [0.1, 0.15) is 5.56 Å². The van der Waals surface area contributed by atoms with Crippen molar-refractivity contribution in [3.05, 3.63) is 92.5 Å². The van der Waals surface area contributed by atoms with Crippen LogP contribution in [0.1, 0.15) is 29.0 Å². The zero-order valence-corrected chi connectivity index (χ0v) is 14.9. The van der Waals surface area contributed by atoms with Crippen LogP contribution < -0.4 is 5.56 Å². The zero-order valence-electron chi connectivity index (χ0n) is 14.1. The average Bonchev–Trinajstić information content (AvgIpc) is 2.65. The summed E-state index contributed by atoms with van der Waals surface area (Å²) in [6, 6.07) is 20.5. The Labute approximate surface area is 156 Å². The Bertz CT molecular complexity index is 955. The normalized spacial score (nSPS) is 11.3. The number of H-pyrrole nitrogens is 2. The fourth-order valence-electron chi connectivity index (χ4n) is 2.86. The highest BCUT2D eigenvalue weighted by molar-refractivity contribution is 7.71. The second-order valence-corrected chi connectivity index (χ2v) is 6.28. The number of nitrogens with one attached hydrogen (secondary N) is 2. The fraction of sp³-hybridized carbons (Fsp3) is 0.150. The Balaban J connectivity index is 1.77. The van der Waals surface area contributed by atoms with E-state index in [1.807, 2.05) is 36.4 Å². The van der Waals surface area contributed by atoms with Crippen LogP contribution >= 0.6 is 12.2 Å². The SMILES string of the molecule is O=c1[nH]c(=S)[nH]c(O)c1C=NCCC(c1ccccc1)c1ccccc1. The van der Waals surface area contributed by atoms with E-state index in [1.165, 1.54) is 17.3 Å². The molecule has 0 radical (unpaired) electrons. The average molecular weight is 365 g/mol. The van der Waals surface area contributed by atoms with E-state index in [2.05, 4.69) is 39.2 Å². The highest BCUT2D eigenvalue weighted by Crippen LogP contribution is 2.27. The van der Waals surface area contributed by atoms with E-state index in [-0.39, 0.29) is 22.1 Å². The Kier molecular flexibility index (Phi) is 5.76. The van der Waals surface area contributed by atoms with Gasteiger partial charge >= 0.3 is 0 Å². The Hall–Kier alpha value is -2.99. The molecular formula is C20H19N3O2S. The minimum Gasteiger partial charge on any atom is -0.494 e. The maximum atomic E-state index is 11.8. The molecule has 0 spiro atoms. The van der Waals surface area contributed by atoms with Gasteiger partial charge in [-0.3, -0.25) is 14.8 Å². The first kappa shape index (κ1) is 17.8. The van der Waals surface area contributed by atoms with E-state index < -0.39 is 5.56 Å². The van der Waals surface area contributed by atoms with E-state index in [0.29, 0.717) is 6.54 Å². The Morgan fingerprint density at radius 3 is 2.12 bits per heavy atom. The Morgan fingerprint density at radius 1 is 1.00 bits per heavy atom. The highest BCUT2D eigenvalue weighted by Gasteiger charge is 2.13. The minimum absolute atomic E-state index is 0.0783. The smallest absolute Gasteiger partial charge is 0.264 e. The van der Waals surface area contributed by atoms with Crippen molar-refractivity contribution >= 4 is 18.4 Å². The molecule has 1 heterocycles. The Morgan fingerprint density at radius 2 is 1.58 bits per heavy atom. The molecular weight excluding hydrogens is 346 g/mol. The molecule has 1 aromatic heterocycles. The predicted octanol–water partition coefficient (Wildman–Crippen LogP) is 3.78. The minimum atomic E-state index is -0.460. The fourth-order valence-corrected chi connectivity index (χ4v) is 3.05. The van der Waals surface area contributed by atoms with Gasteiger partial charge < -0.3 is 10.1 Å². The van der Waals surface area contributed by atoms with Crippen LogP contribution in [0.3, 0.4) is 0 Å². The molecule has 6 heteroatoms. The standard InChI is InChI=1S/C20H19N3O2S/c24-18-17(19(25)23-20(26)22-18)13-21-12-11-16(14-7-3-1-4-8-14)15-9-5-2-6-10-15/h1-10,13,16H,11-12H2,(H3,22,23,24,25,26). The quantitative estimate of drug-likeness (QED) is 0.459. The lowest BCUT2D eigenvalue weighted by Gasteiger charge is -2.17. The lowest BCUT2D eigenvalue weighted by Crippen LogP contribution is -2.13. The number of rotatable bonds is 6. The number of benzene rings is 2. The first-order valence-electron chi connectivity index (χ1n) is 8.30. The van der Waals surface area contributed by atoms with Crippen LogP contribution in [-0.4, -0.2) is 27.8 Å². The molecule has 3 rings (SSSR count). The molecule has 0 fully saturated rings. The van der Waals surface area contributed by atoms with Crippen LogP contribution in [0.5, 0.6) is 5.88 Å². The summed E-state index contributed by atoms with van der Waals surface area (Å²) in [6.07, 6.45) is 2.17. The number of aliphatic imine (C=N–C) groups is 1. The molecule has 0 saturated carbocycles. The van der Waals surface area contributed by atoms with Gasteiger partial charge in [0.2, 0.25) is 5.88 Å². The third-order valence-electron chi connectivity index (χ3n) is 4.13. The van der Waals surface area contributed by atoms with Gasteiger partial charge in [0, 0.05) is 18.7 Å². The molecule has 5 nitrogen and oxygen atoms in total. The molecule has 3 N–H and O–H groups in total. The van der Waals surface area contributed by atoms with Crippen molar-refractivity contribution < 1.29 is 5.11 Å². The van der Waals surface area contributed by atoms with Gasteiger partial charge in [-0.1, -0.05) is 60.7 Å².